The first-order valence-electron chi connectivity index (χ1n) is 7.36. The Morgan fingerprint density at radius 3 is 2.67 bits per heavy atom. The van der Waals surface area contributed by atoms with Crippen LogP contribution in [0, 0.1) is 35.5 Å². The van der Waals surface area contributed by atoms with E-state index in [1.54, 1.807) is 0 Å². The molecule has 0 aliphatic heterocycles. The summed E-state index contributed by atoms with van der Waals surface area (Å²) in [5.41, 5.74) is 0. The van der Waals surface area contributed by atoms with E-state index < -0.39 is 0 Å². The van der Waals surface area contributed by atoms with E-state index in [0.29, 0.717) is 5.92 Å². The first-order chi connectivity index (χ1) is 8.28. The Labute approximate surface area is 123 Å². The van der Waals surface area contributed by atoms with Gasteiger partial charge in [-0.25, -0.2) is 0 Å². The maximum absolute atomic E-state index is 5.05. The Bertz CT molecular complexity index is 371. The van der Waals surface area contributed by atoms with Gasteiger partial charge in [0.05, 0.1) is 0 Å². The average molecular weight is 283 g/mol. The van der Waals surface area contributed by atoms with Gasteiger partial charge < -0.3 is 0 Å². The van der Waals surface area contributed by atoms with E-state index in [4.69, 9.17) is 25.3 Å². The maximum atomic E-state index is 5.05. The normalized spacial score (nSPS) is 57.4. The first-order valence-corrected chi connectivity index (χ1v) is 8.25. The van der Waals surface area contributed by atoms with E-state index in [1.807, 2.05) is 0 Å². The molecule has 0 heterocycles. The molecule has 0 spiro atoms. The highest BCUT2D eigenvalue weighted by molar-refractivity contribution is 7.82. The van der Waals surface area contributed by atoms with Crippen LogP contribution in [0.4, 0.5) is 0 Å². The number of thiol groups is 2. The van der Waals surface area contributed by atoms with E-state index in [2.05, 4.69) is 33.4 Å². The molecule has 0 aromatic rings. The lowest BCUT2D eigenvalue weighted by molar-refractivity contribution is -0.0500. The minimum atomic E-state index is -0.0433. The van der Waals surface area contributed by atoms with E-state index >= 15 is 0 Å². The van der Waals surface area contributed by atoms with E-state index in [1.165, 1.54) is 19.3 Å². The van der Waals surface area contributed by atoms with Crippen molar-refractivity contribution in [2.75, 3.05) is 0 Å². The molecule has 0 radical (unpaired) electrons. The zero-order valence-electron chi connectivity index (χ0n) is 11.8. The molecule has 0 aromatic heterocycles. The molecule has 18 heavy (non-hydrogen) atoms. The summed E-state index contributed by atoms with van der Waals surface area (Å²) in [4.78, 5) is 0. The van der Waals surface area contributed by atoms with Crippen LogP contribution in [0.2, 0.25) is 0 Å². The van der Waals surface area contributed by atoms with Crippen molar-refractivity contribution in [2.45, 2.75) is 49.5 Å². The summed E-state index contributed by atoms with van der Waals surface area (Å²) < 4.78 is 0.167. The molecule has 0 aromatic carbocycles. The Hall–Kier alpha value is 0.440. The lowest BCUT2D eigenvalue weighted by Gasteiger charge is -2.57. The SMILES string of the molecule is C=CC(C)(S)C1CC(C)C2CC3CC(C)(S)C1C32. The Kier molecular flexibility index (Phi) is 2.96. The molecule has 8 unspecified atom stereocenters. The van der Waals surface area contributed by atoms with Gasteiger partial charge in [-0.3, -0.25) is 0 Å². The second-order valence-corrected chi connectivity index (χ2v) is 9.56. The lowest BCUT2D eigenvalue weighted by atomic mass is 9.50. The highest BCUT2D eigenvalue weighted by atomic mass is 32.1. The molecule has 2 heteroatoms. The summed E-state index contributed by atoms with van der Waals surface area (Å²) in [5, 5.41) is 0. The van der Waals surface area contributed by atoms with Crippen molar-refractivity contribution in [1.29, 1.82) is 0 Å². The van der Waals surface area contributed by atoms with Gasteiger partial charge in [-0.15, -0.1) is 6.58 Å². The third-order valence-electron chi connectivity index (χ3n) is 6.38. The molecule has 3 aliphatic carbocycles. The minimum absolute atomic E-state index is 0.0433. The van der Waals surface area contributed by atoms with Crippen LogP contribution in [-0.4, -0.2) is 9.49 Å². The van der Waals surface area contributed by atoms with Gasteiger partial charge >= 0.3 is 0 Å². The molecule has 0 nitrogen and oxygen atoms in total. The summed E-state index contributed by atoms with van der Waals surface area (Å²) in [7, 11) is 0. The largest absolute Gasteiger partial charge is 0.172 e. The molecule has 3 saturated carbocycles. The third kappa shape index (κ3) is 1.67. The standard InChI is InChI=1S/C16H26S2/c1-5-15(3,17)12-6-9(2)11-7-10-8-16(4,18)14(12)13(10)11/h5,9-14,17-18H,1,6-8H2,2-4H3. The summed E-state index contributed by atoms with van der Waals surface area (Å²) in [6.45, 7) is 11.1. The van der Waals surface area contributed by atoms with Crippen LogP contribution in [0.15, 0.2) is 12.7 Å². The molecule has 3 rings (SSSR count). The van der Waals surface area contributed by atoms with Crippen LogP contribution in [0.5, 0.6) is 0 Å². The second kappa shape index (κ2) is 3.97. The monoisotopic (exact) mass is 282 g/mol. The molecule has 102 valence electrons. The van der Waals surface area contributed by atoms with Crippen LogP contribution in [0.1, 0.15) is 40.0 Å². The van der Waals surface area contributed by atoms with Crippen molar-refractivity contribution in [3.8, 4) is 0 Å². The summed E-state index contributed by atoms with van der Waals surface area (Å²) in [6.07, 6.45) is 6.14. The topological polar surface area (TPSA) is 0 Å². The highest BCUT2D eigenvalue weighted by Crippen LogP contribution is 2.69. The van der Waals surface area contributed by atoms with Gasteiger partial charge in [-0.1, -0.05) is 19.9 Å². The van der Waals surface area contributed by atoms with Crippen LogP contribution >= 0.6 is 25.3 Å². The zero-order chi connectivity index (χ0) is 13.3. The van der Waals surface area contributed by atoms with Crippen molar-refractivity contribution in [3.05, 3.63) is 12.7 Å². The van der Waals surface area contributed by atoms with Gasteiger partial charge in [-0.05, 0) is 61.7 Å². The fourth-order valence-electron chi connectivity index (χ4n) is 5.47. The van der Waals surface area contributed by atoms with Gasteiger partial charge in [0.1, 0.15) is 0 Å². The Balaban J connectivity index is 1.97. The average Bonchev–Trinajstić information content (AvgIpc) is 2.48. The van der Waals surface area contributed by atoms with Crippen molar-refractivity contribution in [1.82, 2.24) is 0 Å². The Morgan fingerprint density at radius 1 is 1.39 bits per heavy atom. The van der Waals surface area contributed by atoms with Gasteiger partial charge in [0, 0.05) is 9.49 Å². The number of hydrogen-bond acceptors (Lipinski definition) is 2. The van der Waals surface area contributed by atoms with Crippen LogP contribution < -0.4 is 0 Å². The molecule has 3 aliphatic rings. The van der Waals surface area contributed by atoms with E-state index in [-0.39, 0.29) is 9.49 Å². The molecule has 0 saturated heterocycles. The fraction of sp³-hybridized carbons (Fsp3) is 0.875. The number of rotatable bonds is 2. The fourth-order valence-corrected chi connectivity index (χ4v) is 6.32. The zero-order valence-corrected chi connectivity index (χ0v) is 13.6. The quantitative estimate of drug-likeness (QED) is 0.541. The van der Waals surface area contributed by atoms with E-state index in [0.717, 1.165) is 29.6 Å². The third-order valence-corrected chi connectivity index (χ3v) is 7.37. The highest BCUT2D eigenvalue weighted by Gasteiger charge is 2.64. The molecule has 0 bridgehead atoms. The molecule has 0 N–H and O–H groups in total. The molecular formula is C16H26S2. The van der Waals surface area contributed by atoms with E-state index in [9.17, 15) is 0 Å². The second-order valence-electron chi connectivity index (χ2n) is 7.57. The minimum Gasteiger partial charge on any atom is -0.172 e. The van der Waals surface area contributed by atoms with Gasteiger partial charge in [0.2, 0.25) is 0 Å². The van der Waals surface area contributed by atoms with Crippen LogP contribution in [-0.2, 0) is 0 Å². The Morgan fingerprint density at radius 2 is 2.06 bits per heavy atom. The smallest absolute Gasteiger partial charge is 0.0309 e. The molecule has 3 fully saturated rings. The van der Waals surface area contributed by atoms with Gasteiger partial charge in [0.15, 0.2) is 0 Å². The molecular weight excluding hydrogens is 256 g/mol. The number of hydrogen-bond donors (Lipinski definition) is 2. The lowest BCUT2D eigenvalue weighted by Crippen LogP contribution is -2.53. The molecule has 8 atom stereocenters. The van der Waals surface area contributed by atoms with Crippen LogP contribution in [0.3, 0.4) is 0 Å². The first kappa shape index (κ1) is 13.4. The van der Waals surface area contributed by atoms with Crippen molar-refractivity contribution < 1.29 is 0 Å². The molecule has 0 amide bonds. The van der Waals surface area contributed by atoms with Crippen molar-refractivity contribution in [2.24, 2.45) is 35.5 Å². The van der Waals surface area contributed by atoms with Gasteiger partial charge in [0.25, 0.3) is 0 Å². The van der Waals surface area contributed by atoms with Crippen molar-refractivity contribution in [3.63, 3.8) is 0 Å². The summed E-state index contributed by atoms with van der Waals surface area (Å²) >= 11 is 9.97. The maximum Gasteiger partial charge on any atom is 0.0309 e. The summed E-state index contributed by atoms with van der Waals surface area (Å²) in [5.74, 6) is 5.08. The van der Waals surface area contributed by atoms with Gasteiger partial charge in [-0.2, -0.15) is 25.3 Å². The van der Waals surface area contributed by atoms with Crippen LogP contribution in [0.25, 0.3) is 0 Å². The van der Waals surface area contributed by atoms with Crippen molar-refractivity contribution >= 4 is 25.3 Å². The predicted molar refractivity (Wildman–Crippen MR) is 85.4 cm³/mol. The summed E-state index contributed by atoms with van der Waals surface area (Å²) in [6, 6.07) is 0. The predicted octanol–water partition coefficient (Wildman–Crippen LogP) is 4.48.